The van der Waals surface area contributed by atoms with E-state index in [9.17, 15) is 4.79 Å². The average molecular weight is 282 g/mol. The first-order valence-electron chi connectivity index (χ1n) is 8.23. The highest BCUT2D eigenvalue weighted by Crippen LogP contribution is 2.33. The lowest BCUT2D eigenvalue weighted by molar-refractivity contribution is -0.122. The van der Waals surface area contributed by atoms with Crippen LogP contribution in [0.5, 0.6) is 0 Å². The molecule has 3 heteroatoms. The molecule has 3 nitrogen and oxygen atoms in total. The van der Waals surface area contributed by atoms with Crippen molar-refractivity contribution in [3.05, 3.63) is 0 Å². The molecule has 2 N–H and O–H groups in total. The van der Waals surface area contributed by atoms with E-state index in [1.807, 2.05) is 0 Å². The van der Waals surface area contributed by atoms with Gasteiger partial charge in [0.1, 0.15) is 0 Å². The third-order valence-corrected chi connectivity index (χ3v) is 4.38. The summed E-state index contributed by atoms with van der Waals surface area (Å²) in [6.07, 6.45) is 4.28. The highest BCUT2D eigenvalue weighted by Gasteiger charge is 2.31. The van der Waals surface area contributed by atoms with Crippen molar-refractivity contribution in [2.24, 2.45) is 17.8 Å². The van der Waals surface area contributed by atoms with E-state index in [1.165, 1.54) is 12.8 Å². The van der Waals surface area contributed by atoms with Crippen molar-refractivity contribution < 1.29 is 4.79 Å². The third kappa shape index (κ3) is 6.25. The maximum Gasteiger partial charge on any atom is 0.221 e. The summed E-state index contributed by atoms with van der Waals surface area (Å²) < 4.78 is 0. The molecule has 0 aromatic rings. The molecule has 0 aromatic heterocycles. The van der Waals surface area contributed by atoms with Gasteiger partial charge in [0.05, 0.1) is 0 Å². The second kappa shape index (κ2) is 7.44. The van der Waals surface area contributed by atoms with E-state index < -0.39 is 0 Å². The number of rotatable bonds is 5. The Morgan fingerprint density at radius 2 is 1.90 bits per heavy atom. The Morgan fingerprint density at radius 3 is 2.45 bits per heavy atom. The van der Waals surface area contributed by atoms with Crippen LogP contribution in [-0.4, -0.2) is 24.0 Å². The van der Waals surface area contributed by atoms with Gasteiger partial charge in [0.15, 0.2) is 0 Å². The number of carbonyl (C=O) groups excluding carboxylic acids is 1. The first kappa shape index (κ1) is 17.5. The minimum Gasteiger partial charge on any atom is -0.353 e. The zero-order valence-electron chi connectivity index (χ0n) is 14.3. The van der Waals surface area contributed by atoms with Crippen LogP contribution in [0.25, 0.3) is 0 Å². The van der Waals surface area contributed by atoms with Crippen LogP contribution in [0.1, 0.15) is 67.2 Å². The molecule has 1 fully saturated rings. The lowest BCUT2D eigenvalue weighted by Crippen LogP contribution is -2.46. The fourth-order valence-corrected chi connectivity index (χ4v) is 3.20. The van der Waals surface area contributed by atoms with Crippen LogP contribution in [0, 0.1) is 17.8 Å². The Balaban J connectivity index is 2.41. The van der Waals surface area contributed by atoms with Crippen LogP contribution < -0.4 is 10.6 Å². The van der Waals surface area contributed by atoms with Crippen molar-refractivity contribution in [3.63, 3.8) is 0 Å². The van der Waals surface area contributed by atoms with Crippen molar-refractivity contribution >= 4 is 5.91 Å². The number of amides is 1. The summed E-state index contributed by atoms with van der Waals surface area (Å²) in [5.41, 5.74) is 0.0834. The van der Waals surface area contributed by atoms with Crippen molar-refractivity contribution in [2.45, 2.75) is 78.8 Å². The Labute approximate surface area is 125 Å². The summed E-state index contributed by atoms with van der Waals surface area (Å²) >= 11 is 0. The first-order chi connectivity index (χ1) is 9.19. The zero-order chi connectivity index (χ0) is 15.3. The SMILES string of the molecule is CC1CCC(C(C)C)C(NC(=O)CCNC(C)(C)C)C1. The summed E-state index contributed by atoms with van der Waals surface area (Å²) in [5.74, 6) is 2.24. The van der Waals surface area contributed by atoms with E-state index in [0.717, 1.165) is 18.9 Å². The first-order valence-corrected chi connectivity index (χ1v) is 8.23. The molecule has 1 saturated carbocycles. The molecule has 0 heterocycles. The van der Waals surface area contributed by atoms with Crippen molar-refractivity contribution in [1.29, 1.82) is 0 Å². The molecule has 0 bridgehead atoms. The highest BCUT2D eigenvalue weighted by molar-refractivity contribution is 5.76. The van der Waals surface area contributed by atoms with E-state index in [2.05, 4.69) is 52.2 Å². The fraction of sp³-hybridized carbons (Fsp3) is 0.941. The van der Waals surface area contributed by atoms with E-state index >= 15 is 0 Å². The summed E-state index contributed by atoms with van der Waals surface area (Å²) in [6, 6.07) is 0.376. The second-order valence-electron chi connectivity index (χ2n) is 7.93. The summed E-state index contributed by atoms with van der Waals surface area (Å²) in [7, 11) is 0. The van der Waals surface area contributed by atoms with E-state index in [1.54, 1.807) is 0 Å². The molecule has 0 aromatic carbocycles. The average Bonchev–Trinajstić information content (AvgIpc) is 2.26. The minimum absolute atomic E-state index is 0.0834. The van der Waals surface area contributed by atoms with Gasteiger partial charge in [-0.2, -0.15) is 0 Å². The van der Waals surface area contributed by atoms with Crippen molar-refractivity contribution in [2.75, 3.05) is 6.54 Å². The van der Waals surface area contributed by atoms with Crippen LogP contribution in [0.4, 0.5) is 0 Å². The second-order valence-corrected chi connectivity index (χ2v) is 7.93. The normalized spacial score (nSPS) is 27.6. The fourth-order valence-electron chi connectivity index (χ4n) is 3.20. The van der Waals surface area contributed by atoms with Crippen molar-refractivity contribution in [3.8, 4) is 0 Å². The molecule has 0 saturated heterocycles. The van der Waals surface area contributed by atoms with Gasteiger partial charge in [0.2, 0.25) is 5.91 Å². The molecule has 0 radical (unpaired) electrons. The smallest absolute Gasteiger partial charge is 0.221 e. The van der Waals surface area contributed by atoms with E-state index in [0.29, 0.717) is 24.3 Å². The predicted molar refractivity (Wildman–Crippen MR) is 85.6 cm³/mol. The maximum atomic E-state index is 12.1. The lowest BCUT2D eigenvalue weighted by atomic mass is 9.74. The van der Waals surface area contributed by atoms with Crippen LogP contribution in [0.3, 0.4) is 0 Å². The van der Waals surface area contributed by atoms with Crippen LogP contribution in [0.2, 0.25) is 0 Å². The maximum absolute atomic E-state index is 12.1. The van der Waals surface area contributed by atoms with Gasteiger partial charge in [0, 0.05) is 24.5 Å². The van der Waals surface area contributed by atoms with Gasteiger partial charge < -0.3 is 10.6 Å². The predicted octanol–water partition coefficient (Wildman–Crippen LogP) is 3.34. The molecular weight excluding hydrogens is 248 g/mol. The van der Waals surface area contributed by atoms with Crippen LogP contribution in [-0.2, 0) is 4.79 Å². The Hall–Kier alpha value is -0.570. The topological polar surface area (TPSA) is 41.1 Å². The molecule has 3 atom stereocenters. The molecule has 1 aliphatic carbocycles. The molecule has 1 rings (SSSR count). The molecule has 0 spiro atoms. The van der Waals surface area contributed by atoms with Gasteiger partial charge in [-0.05, 0) is 51.4 Å². The van der Waals surface area contributed by atoms with Gasteiger partial charge in [0.25, 0.3) is 0 Å². The van der Waals surface area contributed by atoms with Gasteiger partial charge in [-0.25, -0.2) is 0 Å². The quantitative estimate of drug-likeness (QED) is 0.812. The number of hydrogen-bond donors (Lipinski definition) is 2. The number of carbonyl (C=O) groups is 1. The molecule has 1 amide bonds. The molecule has 118 valence electrons. The summed E-state index contributed by atoms with van der Waals surface area (Å²) in [6.45, 7) is 14.0. The zero-order valence-corrected chi connectivity index (χ0v) is 14.3. The standard InChI is InChI=1S/C17H34N2O/c1-12(2)14-8-7-13(3)11-15(14)19-16(20)9-10-18-17(4,5)6/h12-15,18H,7-11H2,1-6H3,(H,19,20). The summed E-state index contributed by atoms with van der Waals surface area (Å²) in [4.78, 5) is 12.1. The Bertz CT molecular complexity index is 307. The van der Waals surface area contributed by atoms with Crippen LogP contribution in [0.15, 0.2) is 0 Å². The van der Waals surface area contributed by atoms with E-state index in [4.69, 9.17) is 0 Å². The lowest BCUT2D eigenvalue weighted by Gasteiger charge is -2.37. The van der Waals surface area contributed by atoms with Gasteiger partial charge in [-0.1, -0.05) is 27.2 Å². The molecular formula is C17H34N2O. The number of nitrogens with one attached hydrogen (secondary N) is 2. The van der Waals surface area contributed by atoms with Gasteiger partial charge in [-0.15, -0.1) is 0 Å². The molecule has 3 unspecified atom stereocenters. The molecule has 0 aliphatic heterocycles. The van der Waals surface area contributed by atoms with Crippen LogP contribution >= 0.6 is 0 Å². The summed E-state index contributed by atoms with van der Waals surface area (Å²) in [5, 5.41) is 6.66. The largest absolute Gasteiger partial charge is 0.353 e. The van der Waals surface area contributed by atoms with Gasteiger partial charge in [-0.3, -0.25) is 4.79 Å². The molecule has 20 heavy (non-hydrogen) atoms. The Morgan fingerprint density at radius 1 is 1.25 bits per heavy atom. The van der Waals surface area contributed by atoms with Gasteiger partial charge >= 0.3 is 0 Å². The minimum atomic E-state index is 0.0834. The number of hydrogen-bond acceptors (Lipinski definition) is 2. The Kier molecular flexibility index (Phi) is 6.50. The third-order valence-electron chi connectivity index (χ3n) is 4.38. The van der Waals surface area contributed by atoms with E-state index in [-0.39, 0.29) is 11.4 Å². The van der Waals surface area contributed by atoms with Crippen molar-refractivity contribution in [1.82, 2.24) is 10.6 Å². The monoisotopic (exact) mass is 282 g/mol. The molecule has 1 aliphatic rings. The highest BCUT2D eigenvalue weighted by atomic mass is 16.1.